The van der Waals surface area contributed by atoms with Gasteiger partial charge in [0.2, 0.25) is 0 Å². The van der Waals surface area contributed by atoms with Gasteiger partial charge in [0.05, 0.1) is 0 Å². The van der Waals surface area contributed by atoms with Gasteiger partial charge in [0.15, 0.2) is 0 Å². The molecule has 4 unspecified atom stereocenters. The van der Waals surface area contributed by atoms with Gasteiger partial charge in [-0.05, 0) is 61.7 Å². The number of hydrogen-bond acceptors (Lipinski definition) is 0. The first-order valence-electron chi connectivity index (χ1n) is 7.15. The topological polar surface area (TPSA) is 0 Å². The number of hydrogen-bond donors (Lipinski definition) is 0. The summed E-state index contributed by atoms with van der Waals surface area (Å²) in [6.07, 6.45) is 7.63. The molecule has 0 saturated heterocycles. The van der Waals surface area contributed by atoms with Gasteiger partial charge in [-0.2, -0.15) is 0 Å². The van der Waals surface area contributed by atoms with Crippen LogP contribution in [0.4, 0.5) is 0 Å². The lowest BCUT2D eigenvalue weighted by Gasteiger charge is -2.31. The van der Waals surface area contributed by atoms with E-state index in [0.717, 1.165) is 29.6 Å². The summed E-state index contributed by atoms with van der Waals surface area (Å²) in [7, 11) is 0. The molecule has 0 spiro atoms. The van der Waals surface area contributed by atoms with Crippen molar-refractivity contribution in [1.82, 2.24) is 0 Å². The van der Waals surface area contributed by atoms with Gasteiger partial charge >= 0.3 is 0 Å². The van der Waals surface area contributed by atoms with Crippen molar-refractivity contribution >= 4 is 0 Å². The molecule has 5 atom stereocenters. The van der Waals surface area contributed by atoms with Crippen LogP contribution in [0.3, 0.4) is 0 Å². The van der Waals surface area contributed by atoms with Crippen LogP contribution >= 0.6 is 0 Å². The van der Waals surface area contributed by atoms with Gasteiger partial charge in [0.1, 0.15) is 0 Å². The van der Waals surface area contributed by atoms with Gasteiger partial charge in [-0.25, -0.2) is 0 Å². The average molecular weight is 210 g/mol. The molecule has 0 aliphatic heterocycles. The largest absolute Gasteiger partial charge is 0.0683 e. The van der Waals surface area contributed by atoms with Crippen molar-refractivity contribution in [3.8, 4) is 0 Å². The predicted molar refractivity (Wildman–Crippen MR) is 68.9 cm³/mol. The fraction of sp³-hybridized carbons (Fsp3) is 1.00. The van der Waals surface area contributed by atoms with Crippen molar-refractivity contribution in [3.05, 3.63) is 0 Å². The molecule has 2 aliphatic rings. The van der Waals surface area contributed by atoms with Crippen molar-refractivity contribution in [3.63, 3.8) is 0 Å². The summed E-state index contributed by atoms with van der Waals surface area (Å²) in [5.74, 6) is 5.14. The zero-order valence-electron chi connectivity index (χ0n) is 11.4. The fourth-order valence-electron chi connectivity index (χ4n) is 3.80. The maximum atomic E-state index is 2.47. The molecule has 0 aromatic heterocycles. The van der Waals surface area contributed by atoms with Crippen LogP contribution in [0.2, 0.25) is 0 Å². The molecule has 0 N–H and O–H groups in total. The van der Waals surface area contributed by atoms with Crippen LogP contribution in [-0.4, -0.2) is 0 Å². The first-order chi connectivity index (χ1) is 7.15. The second-order valence-corrected chi connectivity index (χ2v) is 5.97. The van der Waals surface area contributed by atoms with E-state index >= 15 is 0 Å². The van der Waals surface area contributed by atoms with Crippen LogP contribution < -0.4 is 0 Å². The molecular formula is C15H30. The molecule has 90 valence electrons. The van der Waals surface area contributed by atoms with E-state index in [1.807, 2.05) is 13.8 Å². The van der Waals surface area contributed by atoms with Crippen molar-refractivity contribution in [1.29, 1.82) is 0 Å². The van der Waals surface area contributed by atoms with Gasteiger partial charge in [-0.1, -0.05) is 34.6 Å². The average Bonchev–Trinajstić information content (AvgIpc) is 2.27. The Morgan fingerprint density at radius 3 is 1.40 bits per heavy atom. The molecule has 0 aromatic rings. The van der Waals surface area contributed by atoms with E-state index in [4.69, 9.17) is 0 Å². The van der Waals surface area contributed by atoms with Crippen LogP contribution in [0.1, 0.15) is 66.7 Å². The molecule has 0 amide bonds. The Morgan fingerprint density at radius 2 is 1.00 bits per heavy atom. The highest BCUT2D eigenvalue weighted by Gasteiger charge is 2.33. The minimum absolute atomic E-state index is 0.986. The van der Waals surface area contributed by atoms with E-state index < -0.39 is 0 Å². The minimum Gasteiger partial charge on any atom is -0.0683 e. The molecule has 0 nitrogen and oxygen atoms in total. The fourth-order valence-corrected chi connectivity index (χ4v) is 3.80. The molecule has 0 heterocycles. The summed E-state index contributed by atoms with van der Waals surface area (Å²) in [6, 6.07) is 0. The van der Waals surface area contributed by atoms with Crippen LogP contribution in [-0.2, 0) is 0 Å². The Balaban J connectivity index is 0.000000531. The first-order valence-corrected chi connectivity index (χ1v) is 7.15. The standard InChI is InChI=1S/C13H24.C2H6/c1-9-4-12-6-10(2)11(3)7-13(5-9)8-12;1-2/h9-13H,4-8H2,1-3H3;1-2H3/t9?,10-,11?,12?,13?;/m0./s1. The van der Waals surface area contributed by atoms with E-state index in [1.54, 1.807) is 6.42 Å². The molecular weight excluding hydrogens is 180 g/mol. The summed E-state index contributed by atoms with van der Waals surface area (Å²) >= 11 is 0. The van der Waals surface area contributed by atoms with Crippen molar-refractivity contribution in [2.75, 3.05) is 0 Å². The molecule has 0 heteroatoms. The minimum atomic E-state index is 0.986. The highest BCUT2D eigenvalue weighted by molar-refractivity contribution is 4.84. The van der Waals surface area contributed by atoms with Crippen molar-refractivity contribution < 1.29 is 0 Å². The Labute approximate surface area is 96.8 Å². The highest BCUT2D eigenvalue weighted by atomic mass is 14.4. The zero-order chi connectivity index (χ0) is 11.4. The van der Waals surface area contributed by atoms with Crippen molar-refractivity contribution in [2.24, 2.45) is 29.6 Å². The number of rotatable bonds is 0. The van der Waals surface area contributed by atoms with Crippen LogP contribution in [0.5, 0.6) is 0 Å². The lowest BCUT2D eigenvalue weighted by molar-refractivity contribution is 0.205. The second-order valence-electron chi connectivity index (χ2n) is 5.97. The van der Waals surface area contributed by atoms with E-state index in [1.165, 1.54) is 25.7 Å². The summed E-state index contributed by atoms with van der Waals surface area (Å²) < 4.78 is 0. The summed E-state index contributed by atoms with van der Waals surface area (Å²) in [6.45, 7) is 11.4. The maximum Gasteiger partial charge on any atom is -0.0406 e. The van der Waals surface area contributed by atoms with Gasteiger partial charge in [0.25, 0.3) is 0 Å². The van der Waals surface area contributed by atoms with Gasteiger partial charge in [-0.3, -0.25) is 0 Å². The summed E-state index contributed by atoms with van der Waals surface area (Å²) in [4.78, 5) is 0. The van der Waals surface area contributed by atoms with Gasteiger partial charge in [-0.15, -0.1) is 0 Å². The number of fused-ring (bicyclic) bond motifs is 2. The van der Waals surface area contributed by atoms with Crippen LogP contribution in [0, 0.1) is 29.6 Å². The predicted octanol–water partition coefficient (Wildman–Crippen LogP) is 5.13. The smallest absolute Gasteiger partial charge is 0.0406 e. The molecule has 0 radical (unpaired) electrons. The molecule has 15 heavy (non-hydrogen) atoms. The maximum absolute atomic E-state index is 2.47. The molecule has 2 fully saturated rings. The highest BCUT2D eigenvalue weighted by Crippen LogP contribution is 2.44. The molecule has 2 aliphatic carbocycles. The third kappa shape index (κ3) is 3.50. The molecule has 2 rings (SSSR count). The van der Waals surface area contributed by atoms with Crippen LogP contribution in [0.15, 0.2) is 0 Å². The third-order valence-corrected chi connectivity index (χ3v) is 4.52. The monoisotopic (exact) mass is 210 g/mol. The van der Waals surface area contributed by atoms with Gasteiger partial charge in [0, 0.05) is 0 Å². The molecule has 2 bridgehead atoms. The Kier molecular flexibility index (Phi) is 5.15. The zero-order valence-corrected chi connectivity index (χ0v) is 11.4. The second kappa shape index (κ2) is 5.92. The van der Waals surface area contributed by atoms with E-state index in [-0.39, 0.29) is 0 Å². The normalized spacial score (nSPS) is 45.0. The molecule has 0 aromatic carbocycles. The van der Waals surface area contributed by atoms with Crippen LogP contribution in [0.25, 0.3) is 0 Å². The summed E-state index contributed by atoms with van der Waals surface area (Å²) in [5, 5.41) is 0. The Morgan fingerprint density at radius 1 is 0.600 bits per heavy atom. The van der Waals surface area contributed by atoms with E-state index in [0.29, 0.717) is 0 Å². The molecule has 2 saturated carbocycles. The lowest BCUT2D eigenvalue weighted by Crippen LogP contribution is -2.19. The van der Waals surface area contributed by atoms with Crippen molar-refractivity contribution in [2.45, 2.75) is 66.7 Å². The summed E-state index contributed by atoms with van der Waals surface area (Å²) in [5.41, 5.74) is 0. The van der Waals surface area contributed by atoms with E-state index in [9.17, 15) is 0 Å². The first kappa shape index (κ1) is 13.1. The Bertz CT molecular complexity index is 155. The lowest BCUT2D eigenvalue weighted by atomic mass is 9.75. The van der Waals surface area contributed by atoms with E-state index in [2.05, 4.69) is 20.8 Å². The SMILES string of the molecule is CC.CC1CC2CC(C1)C[C@H](C)C(C)C2. The Hall–Kier alpha value is 0. The quantitative estimate of drug-likeness (QED) is 0.520. The van der Waals surface area contributed by atoms with Gasteiger partial charge < -0.3 is 0 Å². The third-order valence-electron chi connectivity index (χ3n) is 4.52.